The standard InChI is InChI=1S/C23H27N3O5S/c1-16-13-19-20(31-15-22(27)25-19)14-21(16)32(29,30)26-11-8-18(9-12-26)23(28)24-10-7-17-5-3-2-4-6-17/h2-6,13-14,18H,7-12,15H2,1H3,(H,24,28)(H,25,27). The Balaban J connectivity index is 1.35. The lowest BCUT2D eigenvalue weighted by Gasteiger charge is -2.31. The van der Waals surface area contributed by atoms with Crippen molar-refractivity contribution in [2.75, 3.05) is 31.6 Å². The van der Waals surface area contributed by atoms with E-state index in [2.05, 4.69) is 10.6 Å². The zero-order valence-electron chi connectivity index (χ0n) is 18.0. The second-order valence-electron chi connectivity index (χ2n) is 8.16. The Morgan fingerprint density at radius 2 is 1.91 bits per heavy atom. The van der Waals surface area contributed by atoms with Crippen LogP contribution in [0.5, 0.6) is 5.75 Å². The van der Waals surface area contributed by atoms with Crippen LogP contribution in [-0.4, -0.2) is 50.8 Å². The highest BCUT2D eigenvalue weighted by Crippen LogP contribution is 2.35. The Bertz CT molecular complexity index is 1110. The number of rotatable bonds is 6. The molecule has 0 unspecified atom stereocenters. The van der Waals surface area contributed by atoms with Crippen molar-refractivity contribution >= 4 is 27.5 Å². The van der Waals surface area contributed by atoms with Gasteiger partial charge in [0, 0.05) is 31.6 Å². The van der Waals surface area contributed by atoms with Crippen molar-refractivity contribution in [1.29, 1.82) is 0 Å². The van der Waals surface area contributed by atoms with Gasteiger partial charge in [-0.05, 0) is 43.4 Å². The normalized spacial score (nSPS) is 17.2. The van der Waals surface area contributed by atoms with Crippen molar-refractivity contribution in [3.05, 3.63) is 53.6 Å². The molecule has 9 heteroatoms. The highest BCUT2D eigenvalue weighted by atomic mass is 32.2. The fourth-order valence-corrected chi connectivity index (χ4v) is 5.80. The summed E-state index contributed by atoms with van der Waals surface area (Å²) in [5.41, 5.74) is 2.18. The van der Waals surface area contributed by atoms with Gasteiger partial charge in [0.25, 0.3) is 5.91 Å². The molecule has 0 spiro atoms. The Hall–Kier alpha value is -2.91. The summed E-state index contributed by atoms with van der Waals surface area (Å²) in [4.78, 5) is 24.2. The summed E-state index contributed by atoms with van der Waals surface area (Å²) in [6.45, 7) is 2.69. The first-order chi connectivity index (χ1) is 15.3. The lowest BCUT2D eigenvalue weighted by Crippen LogP contribution is -2.43. The van der Waals surface area contributed by atoms with Crippen LogP contribution >= 0.6 is 0 Å². The molecule has 0 aromatic heterocycles. The molecule has 0 aliphatic carbocycles. The summed E-state index contributed by atoms with van der Waals surface area (Å²) >= 11 is 0. The topological polar surface area (TPSA) is 105 Å². The number of hydrogen-bond donors (Lipinski definition) is 2. The van der Waals surface area contributed by atoms with Crippen molar-refractivity contribution in [1.82, 2.24) is 9.62 Å². The summed E-state index contributed by atoms with van der Waals surface area (Å²) < 4.78 is 33.3. The third-order valence-corrected chi connectivity index (χ3v) is 7.95. The molecule has 8 nitrogen and oxygen atoms in total. The second kappa shape index (κ2) is 9.30. The van der Waals surface area contributed by atoms with Gasteiger partial charge < -0.3 is 15.4 Å². The number of anilines is 1. The number of benzene rings is 2. The van der Waals surface area contributed by atoms with E-state index in [1.165, 1.54) is 10.4 Å². The number of aryl methyl sites for hydroxylation is 1. The largest absolute Gasteiger partial charge is 0.482 e. The Morgan fingerprint density at radius 1 is 1.19 bits per heavy atom. The van der Waals surface area contributed by atoms with Crippen LogP contribution in [0.2, 0.25) is 0 Å². The number of ether oxygens (including phenoxy) is 1. The van der Waals surface area contributed by atoms with Gasteiger partial charge in [-0.2, -0.15) is 4.31 Å². The average Bonchev–Trinajstić information content (AvgIpc) is 2.79. The molecule has 0 radical (unpaired) electrons. The molecule has 2 aromatic carbocycles. The predicted octanol–water partition coefficient (Wildman–Crippen LogP) is 2.09. The van der Waals surface area contributed by atoms with Crippen molar-refractivity contribution in [3.8, 4) is 5.75 Å². The minimum atomic E-state index is -3.73. The summed E-state index contributed by atoms with van der Waals surface area (Å²) in [5.74, 6) is -0.134. The summed E-state index contributed by atoms with van der Waals surface area (Å²) in [6, 6.07) is 13.0. The average molecular weight is 458 g/mol. The monoisotopic (exact) mass is 457 g/mol. The molecular formula is C23H27N3O5S. The van der Waals surface area contributed by atoms with Crippen molar-refractivity contribution < 1.29 is 22.7 Å². The van der Waals surface area contributed by atoms with Gasteiger partial charge in [-0.1, -0.05) is 30.3 Å². The van der Waals surface area contributed by atoms with Gasteiger partial charge in [0.05, 0.1) is 10.6 Å². The zero-order valence-corrected chi connectivity index (χ0v) is 18.8. The first kappa shape index (κ1) is 22.3. The molecule has 0 saturated carbocycles. The summed E-state index contributed by atoms with van der Waals surface area (Å²) in [6.07, 6.45) is 1.72. The number of carbonyl (C=O) groups is 2. The maximum absolute atomic E-state index is 13.2. The number of nitrogens with one attached hydrogen (secondary N) is 2. The molecule has 1 fully saturated rings. The Kier molecular flexibility index (Phi) is 6.48. The quantitative estimate of drug-likeness (QED) is 0.691. The van der Waals surface area contributed by atoms with E-state index in [0.29, 0.717) is 36.4 Å². The molecule has 170 valence electrons. The lowest BCUT2D eigenvalue weighted by molar-refractivity contribution is -0.126. The molecule has 0 bridgehead atoms. The molecular weight excluding hydrogens is 430 g/mol. The predicted molar refractivity (Wildman–Crippen MR) is 120 cm³/mol. The van der Waals surface area contributed by atoms with Gasteiger partial charge in [0.15, 0.2) is 6.61 Å². The van der Waals surface area contributed by atoms with E-state index in [0.717, 1.165) is 12.0 Å². The van der Waals surface area contributed by atoms with Crippen molar-refractivity contribution in [2.24, 2.45) is 5.92 Å². The summed E-state index contributed by atoms with van der Waals surface area (Å²) in [7, 11) is -3.73. The van der Waals surface area contributed by atoms with Gasteiger partial charge in [-0.3, -0.25) is 9.59 Å². The van der Waals surface area contributed by atoms with Crippen LogP contribution in [0.3, 0.4) is 0 Å². The third kappa shape index (κ3) is 4.78. The van der Waals surface area contributed by atoms with Crippen LogP contribution in [0.15, 0.2) is 47.4 Å². The van der Waals surface area contributed by atoms with E-state index in [1.54, 1.807) is 13.0 Å². The van der Waals surface area contributed by atoms with Crippen LogP contribution in [-0.2, 0) is 26.0 Å². The maximum Gasteiger partial charge on any atom is 0.262 e. The van der Waals surface area contributed by atoms with Crippen molar-refractivity contribution in [3.63, 3.8) is 0 Å². The zero-order chi connectivity index (χ0) is 22.7. The molecule has 2 heterocycles. The lowest BCUT2D eigenvalue weighted by atomic mass is 9.97. The highest BCUT2D eigenvalue weighted by molar-refractivity contribution is 7.89. The van der Waals surface area contributed by atoms with E-state index >= 15 is 0 Å². The Morgan fingerprint density at radius 3 is 2.62 bits per heavy atom. The molecule has 2 aromatic rings. The van der Waals surface area contributed by atoms with Crippen LogP contribution in [0.25, 0.3) is 0 Å². The number of sulfonamides is 1. The van der Waals surface area contributed by atoms with Gasteiger partial charge in [0.1, 0.15) is 5.75 Å². The molecule has 2 aliphatic rings. The molecule has 2 N–H and O–H groups in total. The first-order valence-electron chi connectivity index (χ1n) is 10.7. The van der Waals surface area contributed by atoms with E-state index in [-0.39, 0.29) is 42.3 Å². The molecule has 2 aliphatic heterocycles. The SMILES string of the molecule is Cc1cc2c(cc1S(=O)(=O)N1CCC(C(=O)NCCc3ccccc3)CC1)OCC(=O)N2. The minimum absolute atomic E-state index is 0.0212. The fraction of sp³-hybridized carbons (Fsp3) is 0.391. The van der Waals surface area contributed by atoms with E-state index < -0.39 is 10.0 Å². The number of nitrogens with zero attached hydrogens (tertiary/aromatic N) is 1. The molecule has 2 amide bonds. The first-order valence-corrected chi connectivity index (χ1v) is 12.2. The van der Waals surface area contributed by atoms with Crippen LogP contribution in [0.4, 0.5) is 5.69 Å². The summed E-state index contributed by atoms with van der Waals surface area (Å²) in [5, 5.41) is 5.66. The minimum Gasteiger partial charge on any atom is -0.482 e. The van der Waals surface area contributed by atoms with Crippen molar-refractivity contribution in [2.45, 2.75) is 31.1 Å². The smallest absolute Gasteiger partial charge is 0.262 e. The molecule has 32 heavy (non-hydrogen) atoms. The van der Waals surface area contributed by atoms with Gasteiger partial charge in [-0.25, -0.2) is 8.42 Å². The van der Waals surface area contributed by atoms with E-state index in [1.807, 2.05) is 30.3 Å². The van der Waals surface area contributed by atoms with E-state index in [9.17, 15) is 18.0 Å². The van der Waals surface area contributed by atoms with Gasteiger partial charge >= 0.3 is 0 Å². The number of amides is 2. The molecule has 4 rings (SSSR count). The Labute approximate surface area is 188 Å². The number of carbonyl (C=O) groups excluding carboxylic acids is 2. The number of piperidine rings is 1. The second-order valence-corrected chi connectivity index (χ2v) is 10.1. The maximum atomic E-state index is 13.2. The third-order valence-electron chi connectivity index (χ3n) is 5.91. The highest BCUT2D eigenvalue weighted by Gasteiger charge is 2.33. The molecule has 1 saturated heterocycles. The number of hydrogen-bond acceptors (Lipinski definition) is 5. The van der Waals surface area contributed by atoms with Crippen LogP contribution in [0, 0.1) is 12.8 Å². The van der Waals surface area contributed by atoms with Gasteiger partial charge in [-0.15, -0.1) is 0 Å². The molecule has 0 atom stereocenters. The number of fused-ring (bicyclic) bond motifs is 1. The van der Waals surface area contributed by atoms with E-state index in [4.69, 9.17) is 4.74 Å². The van der Waals surface area contributed by atoms with Crippen LogP contribution in [0.1, 0.15) is 24.0 Å². The van der Waals surface area contributed by atoms with Crippen LogP contribution < -0.4 is 15.4 Å². The fourth-order valence-electron chi connectivity index (χ4n) is 4.11. The van der Waals surface area contributed by atoms with Gasteiger partial charge in [0.2, 0.25) is 15.9 Å².